The summed E-state index contributed by atoms with van der Waals surface area (Å²) >= 11 is 3.45. The number of rotatable bonds is 7. The number of ether oxygens (including phenoxy) is 2. The average Bonchev–Trinajstić information content (AvgIpc) is 3.02. The average molecular weight is 594 g/mol. The Morgan fingerprint density at radius 1 is 1.24 bits per heavy atom. The summed E-state index contributed by atoms with van der Waals surface area (Å²) < 4.78 is 53.9. The maximum Gasteiger partial charge on any atom is 0.420 e. The number of benzene rings is 3. The van der Waals surface area contributed by atoms with Crippen molar-refractivity contribution in [1.29, 1.82) is 0 Å². The first-order valence-electron chi connectivity index (χ1n) is 11.9. The Hall–Kier alpha value is -3.31. The lowest BCUT2D eigenvalue weighted by Crippen LogP contribution is -2.46. The number of nitrogens with one attached hydrogen (secondary N) is 2. The van der Waals surface area contributed by atoms with Crippen LogP contribution in [0, 0.1) is 5.92 Å². The standard InChI is InChI=1S/C27H27BrF3N3O4/c1-15(32-2)25(35)33-12-17-14-38-24-21(27(29,30)31)5-4-6-22(24)34(26(17)36)13-20-19-9-8-18(28)11-16(19)7-10-23(20)37-3/h4-11,15,17,32H,12-14H2,1-3H3,(H,33,35)/t15-,17?/m0/s1. The summed E-state index contributed by atoms with van der Waals surface area (Å²) in [5.41, 5.74) is -0.351. The normalized spacial score (nSPS) is 16.4. The highest BCUT2D eigenvalue weighted by atomic mass is 79.9. The van der Waals surface area contributed by atoms with Crippen molar-refractivity contribution in [1.82, 2.24) is 10.6 Å². The second kappa shape index (κ2) is 11.2. The molecule has 11 heteroatoms. The first-order valence-corrected chi connectivity index (χ1v) is 12.7. The fourth-order valence-corrected chi connectivity index (χ4v) is 4.76. The Morgan fingerprint density at radius 3 is 2.68 bits per heavy atom. The summed E-state index contributed by atoms with van der Waals surface area (Å²) in [6.07, 6.45) is -4.69. The van der Waals surface area contributed by atoms with Crippen LogP contribution < -0.4 is 25.0 Å². The van der Waals surface area contributed by atoms with Crippen LogP contribution in [0.25, 0.3) is 10.8 Å². The van der Waals surface area contributed by atoms with Gasteiger partial charge in [0, 0.05) is 16.6 Å². The van der Waals surface area contributed by atoms with Crippen LogP contribution >= 0.6 is 15.9 Å². The molecule has 1 heterocycles. The van der Waals surface area contributed by atoms with E-state index in [0.29, 0.717) is 11.3 Å². The van der Waals surface area contributed by atoms with Crippen molar-refractivity contribution >= 4 is 44.2 Å². The van der Waals surface area contributed by atoms with E-state index < -0.39 is 35.4 Å². The summed E-state index contributed by atoms with van der Waals surface area (Å²) in [4.78, 5) is 27.5. The van der Waals surface area contributed by atoms with Gasteiger partial charge in [0.25, 0.3) is 0 Å². The van der Waals surface area contributed by atoms with E-state index in [-0.39, 0.29) is 31.3 Å². The van der Waals surface area contributed by atoms with Gasteiger partial charge in [-0.05, 0) is 55.1 Å². The van der Waals surface area contributed by atoms with Gasteiger partial charge >= 0.3 is 6.18 Å². The molecule has 3 aromatic carbocycles. The van der Waals surface area contributed by atoms with Crippen molar-refractivity contribution in [2.45, 2.75) is 25.7 Å². The first-order chi connectivity index (χ1) is 18.0. The molecule has 0 aliphatic carbocycles. The molecule has 0 aromatic heterocycles. The number of fused-ring (bicyclic) bond motifs is 2. The molecule has 0 fully saturated rings. The summed E-state index contributed by atoms with van der Waals surface area (Å²) in [5.74, 6) is -1.68. The Labute approximate surface area is 226 Å². The summed E-state index contributed by atoms with van der Waals surface area (Å²) in [5, 5.41) is 7.15. The van der Waals surface area contributed by atoms with Gasteiger partial charge in [0.2, 0.25) is 11.8 Å². The SMILES string of the molecule is CN[C@@H](C)C(=O)NCC1COc2c(cccc2C(F)(F)F)N(Cc2c(OC)ccc3cc(Br)ccc23)C1=O. The lowest BCUT2D eigenvalue weighted by atomic mass is 10.0. The summed E-state index contributed by atoms with van der Waals surface area (Å²) in [7, 11) is 3.12. The van der Waals surface area contributed by atoms with Crippen molar-refractivity contribution in [2.24, 2.45) is 5.92 Å². The molecule has 0 radical (unpaired) electrons. The molecule has 3 aromatic rings. The minimum atomic E-state index is -4.69. The molecule has 0 saturated heterocycles. The van der Waals surface area contributed by atoms with E-state index in [9.17, 15) is 22.8 Å². The fraction of sp³-hybridized carbons (Fsp3) is 0.333. The first kappa shape index (κ1) is 27.7. The lowest BCUT2D eigenvalue weighted by molar-refractivity contribution is -0.138. The van der Waals surface area contributed by atoms with Crippen molar-refractivity contribution in [2.75, 3.05) is 32.2 Å². The van der Waals surface area contributed by atoms with Gasteiger partial charge in [-0.15, -0.1) is 0 Å². The zero-order valence-corrected chi connectivity index (χ0v) is 22.6. The van der Waals surface area contributed by atoms with Crippen LogP contribution in [-0.4, -0.2) is 45.2 Å². The molecule has 1 aliphatic rings. The number of carbonyl (C=O) groups excluding carboxylic acids is 2. The molecule has 38 heavy (non-hydrogen) atoms. The lowest BCUT2D eigenvalue weighted by Gasteiger charge is -2.27. The molecule has 0 saturated carbocycles. The quantitative estimate of drug-likeness (QED) is 0.407. The molecular formula is C27H27BrF3N3O4. The third-order valence-electron chi connectivity index (χ3n) is 6.57. The van der Waals surface area contributed by atoms with Crippen LogP contribution in [-0.2, 0) is 22.3 Å². The number of para-hydroxylation sites is 1. The van der Waals surface area contributed by atoms with Gasteiger partial charge < -0.3 is 25.0 Å². The van der Waals surface area contributed by atoms with E-state index in [1.807, 2.05) is 24.3 Å². The predicted octanol–water partition coefficient (Wildman–Crippen LogP) is 4.90. The van der Waals surface area contributed by atoms with Gasteiger partial charge in [0.05, 0.1) is 36.9 Å². The maximum atomic E-state index is 13.9. The number of hydrogen-bond donors (Lipinski definition) is 2. The van der Waals surface area contributed by atoms with Crippen molar-refractivity contribution in [3.05, 3.63) is 64.1 Å². The summed E-state index contributed by atoms with van der Waals surface area (Å²) in [6.45, 7) is 1.15. The Balaban J connectivity index is 1.81. The van der Waals surface area contributed by atoms with Crippen LogP contribution in [0.2, 0.25) is 0 Å². The van der Waals surface area contributed by atoms with Gasteiger partial charge in [-0.2, -0.15) is 13.2 Å². The molecule has 0 spiro atoms. The number of methoxy groups -OCH3 is 1. The zero-order chi connectivity index (χ0) is 27.6. The number of hydrogen-bond acceptors (Lipinski definition) is 5. The Bertz CT molecular complexity index is 1370. The highest BCUT2D eigenvalue weighted by Crippen LogP contribution is 2.44. The third-order valence-corrected chi connectivity index (χ3v) is 7.06. The molecule has 2 amide bonds. The van der Waals surface area contributed by atoms with E-state index in [0.717, 1.165) is 21.3 Å². The van der Waals surface area contributed by atoms with Crippen LogP contribution in [0.1, 0.15) is 18.1 Å². The molecule has 202 valence electrons. The fourth-order valence-electron chi connectivity index (χ4n) is 4.38. The van der Waals surface area contributed by atoms with Gasteiger partial charge in [0.15, 0.2) is 5.75 Å². The number of anilines is 1. The molecule has 2 atom stereocenters. The smallest absolute Gasteiger partial charge is 0.420 e. The molecular weight excluding hydrogens is 567 g/mol. The van der Waals surface area contributed by atoms with Crippen molar-refractivity contribution in [3.63, 3.8) is 0 Å². The van der Waals surface area contributed by atoms with Gasteiger partial charge in [0.1, 0.15) is 12.4 Å². The van der Waals surface area contributed by atoms with E-state index in [1.54, 1.807) is 20.0 Å². The monoisotopic (exact) mass is 593 g/mol. The molecule has 0 bridgehead atoms. The molecule has 1 aliphatic heterocycles. The van der Waals surface area contributed by atoms with Gasteiger partial charge in [-0.25, -0.2) is 0 Å². The van der Waals surface area contributed by atoms with E-state index in [2.05, 4.69) is 26.6 Å². The molecule has 7 nitrogen and oxygen atoms in total. The maximum absolute atomic E-state index is 13.9. The molecule has 4 rings (SSSR count). The number of likely N-dealkylation sites (N-methyl/N-ethyl adjacent to an activating group) is 1. The predicted molar refractivity (Wildman–Crippen MR) is 141 cm³/mol. The number of amides is 2. The van der Waals surface area contributed by atoms with Crippen LogP contribution in [0.4, 0.5) is 18.9 Å². The van der Waals surface area contributed by atoms with E-state index in [1.165, 1.54) is 24.1 Å². The largest absolute Gasteiger partial charge is 0.496 e. The Kier molecular flexibility index (Phi) is 8.17. The van der Waals surface area contributed by atoms with Crippen LogP contribution in [0.15, 0.2) is 53.0 Å². The number of alkyl halides is 3. The highest BCUT2D eigenvalue weighted by molar-refractivity contribution is 9.10. The van der Waals surface area contributed by atoms with Crippen molar-refractivity contribution < 1.29 is 32.2 Å². The third kappa shape index (κ3) is 5.58. The minimum absolute atomic E-state index is 0.00147. The number of halogens is 4. The highest BCUT2D eigenvalue weighted by Gasteiger charge is 2.40. The number of nitrogens with zero attached hydrogens (tertiary/aromatic N) is 1. The van der Waals surface area contributed by atoms with E-state index >= 15 is 0 Å². The van der Waals surface area contributed by atoms with Crippen LogP contribution in [0.3, 0.4) is 0 Å². The van der Waals surface area contributed by atoms with Gasteiger partial charge in [-0.1, -0.05) is 34.1 Å². The second-order valence-corrected chi connectivity index (χ2v) is 9.87. The Morgan fingerprint density at radius 2 is 2.00 bits per heavy atom. The molecule has 1 unspecified atom stereocenters. The van der Waals surface area contributed by atoms with E-state index in [4.69, 9.17) is 9.47 Å². The zero-order valence-electron chi connectivity index (χ0n) is 21.0. The summed E-state index contributed by atoms with van der Waals surface area (Å²) in [6, 6.07) is 12.3. The van der Waals surface area contributed by atoms with Crippen LogP contribution in [0.5, 0.6) is 11.5 Å². The topological polar surface area (TPSA) is 79.9 Å². The minimum Gasteiger partial charge on any atom is -0.496 e. The van der Waals surface area contributed by atoms with Gasteiger partial charge in [-0.3, -0.25) is 9.59 Å². The van der Waals surface area contributed by atoms with Crippen molar-refractivity contribution in [3.8, 4) is 11.5 Å². The molecule has 2 N–H and O–H groups in total. The number of carbonyl (C=O) groups is 2. The second-order valence-electron chi connectivity index (χ2n) is 8.95.